The van der Waals surface area contributed by atoms with Crippen LogP contribution in [0, 0.1) is 13.8 Å². The molecule has 0 bridgehead atoms. The Labute approximate surface area is 107 Å². The molecule has 0 amide bonds. The summed E-state index contributed by atoms with van der Waals surface area (Å²) in [5, 5.41) is 11.9. The zero-order chi connectivity index (χ0) is 13.1. The van der Waals surface area contributed by atoms with Crippen LogP contribution in [0.3, 0.4) is 0 Å². The van der Waals surface area contributed by atoms with Crippen molar-refractivity contribution < 1.29 is 0 Å². The number of rotatable bonds is 5. The van der Waals surface area contributed by atoms with E-state index in [-0.39, 0.29) is 0 Å². The number of nitrogens with zero attached hydrogens (tertiary/aromatic N) is 4. The molecule has 18 heavy (non-hydrogen) atoms. The number of hydrogen-bond acceptors (Lipinski definition) is 4. The fourth-order valence-corrected chi connectivity index (χ4v) is 1.89. The van der Waals surface area contributed by atoms with E-state index in [1.807, 2.05) is 42.5 Å². The Kier molecular flexibility index (Phi) is 3.55. The molecule has 0 aromatic carbocycles. The van der Waals surface area contributed by atoms with E-state index in [0.29, 0.717) is 0 Å². The highest BCUT2D eigenvalue weighted by molar-refractivity contribution is 5.64. The summed E-state index contributed by atoms with van der Waals surface area (Å²) in [7, 11) is 0. The molecule has 0 fully saturated rings. The number of hydrogen-bond donors (Lipinski definition) is 2. The minimum Gasteiger partial charge on any atom is -0.394 e. The Morgan fingerprint density at radius 1 is 1.39 bits per heavy atom. The van der Waals surface area contributed by atoms with Crippen LogP contribution in [0.1, 0.15) is 18.2 Å². The predicted molar refractivity (Wildman–Crippen MR) is 72.5 cm³/mol. The molecule has 2 aromatic rings. The molecule has 0 atom stereocenters. The number of nitrogen functional groups attached to an aromatic ring is 1. The molecule has 0 saturated carbocycles. The molecule has 0 unspecified atom stereocenters. The van der Waals surface area contributed by atoms with Gasteiger partial charge in [-0.05, 0) is 26.3 Å². The Morgan fingerprint density at radius 3 is 2.78 bits per heavy atom. The first kappa shape index (κ1) is 12.5. The fraction of sp³-hybridized carbons (Fsp3) is 0.500. The van der Waals surface area contributed by atoms with E-state index < -0.39 is 0 Å². The number of nitrogens with one attached hydrogen (secondary N) is 1. The molecule has 6 heteroatoms. The molecule has 0 spiro atoms. The van der Waals surface area contributed by atoms with Crippen molar-refractivity contribution in [3.05, 3.63) is 23.7 Å². The summed E-state index contributed by atoms with van der Waals surface area (Å²) in [5.41, 5.74) is 8.76. The van der Waals surface area contributed by atoms with Crippen LogP contribution in [0.15, 0.2) is 12.4 Å². The van der Waals surface area contributed by atoms with Gasteiger partial charge in [-0.15, -0.1) is 0 Å². The van der Waals surface area contributed by atoms with Crippen molar-refractivity contribution in [3.63, 3.8) is 0 Å². The first-order chi connectivity index (χ1) is 8.61. The predicted octanol–water partition coefficient (Wildman–Crippen LogP) is 1.41. The summed E-state index contributed by atoms with van der Waals surface area (Å²) in [6.07, 6.45) is 3.88. The van der Waals surface area contributed by atoms with Crippen molar-refractivity contribution in [2.24, 2.45) is 0 Å². The summed E-state index contributed by atoms with van der Waals surface area (Å²) >= 11 is 0. The monoisotopic (exact) mass is 248 g/mol. The van der Waals surface area contributed by atoms with Gasteiger partial charge in [0.2, 0.25) is 0 Å². The molecular weight excluding hydrogens is 228 g/mol. The minimum atomic E-state index is 0.730. The van der Waals surface area contributed by atoms with Gasteiger partial charge in [0.25, 0.3) is 0 Å². The Hall–Kier alpha value is -1.98. The summed E-state index contributed by atoms with van der Waals surface area (Å²) in [6, 6.07) is 0. The molecule has 2 heterocycles. The second-order valence-corrected chi connectivity index (χ2v) is 4.37. The van der Waals surface area contributed by atoms with E-state index >= 15 is 0 Å². The fourth-order valence-electron chi connectivity index (χ4n) is 1.89. The number of anilines is 2. The lowest BCUT2D eigenvalue weighted by molar-refractivity contribution is 0.623. The SMILES string of the molecule is CCn1nc(C)c(N)c1NCCn1cc(C)cn1. The Balaban J connectivity index is 1.98. The third-order valence-electron chi connectivity index (χ3n) is 2.87. The standard InChI is InChI=1S/C12H20N6/c1-4-18-12(11(13)10(3)16-18)14-5-6-17-8-9(2)7-15-17/h7-8,14H,4-6,13H2,1-3H3. The van der Waals surface area contributed by atoms with E-state index in [9.17, 15) is 0 Å². The second kappa shape index (κ2) is 5.12. The van der Waals surface area contributed by atoms with Crippen LogP contribution < -0.4 is 11.1 Å². The van der Waals surface area contributed by atoms with Crippen LogP contribution in [-0.4, -0.2) is 26.1 Å². The van der Waals surface area contributed by atoms with Crippen molar-refractivity contribution in [2.45, 2.75) is 33.9 Å². The van der Waals surface area contributed by atoms with E-state index in [0.717, 1.165) is 36.8 Å². The molecule has 6 nitrogen and oxygen atoms in total. The van der Waals surface area contributed by atoms with Gasteiger partial charge < -0.3 is 11.1 Å². The van der Waals surface area contributed by atoms with Crippen LogP contribution in [0.4, 0.5) is 11.5 Å². The van der Waals surface area contributed by atoms with Crippen molar-refractivity contribution >= 4 is 11.5 Å². The first-order valence-electron chi connectivity index (χ1n) is 6.17. The van der Waals surface area contributed by atoms with E-state index in [2.05, 4.69) is 15.5 Å². The molecule has 2 rings (SSSR count). The lowest BCUT2D eigenvalue weighted by atomic mass is 10.4. The Morgan fingerprint density at radius 2 is 2.17 bits per heavy atom. The number of aromatic nitrogens is 4. The third-order valence-corrected chi connectivity index (χ3v) is 2.87. The van der Waals surface area contributed by atoms with Gasteiger partial charge in [-0.3, -0.25) is 4.68 Å². The van der Waals surface area contributed by atoms with Gasteiger partial charge in [0.05, 0.1) is 24.1 Å². The van der Waals surface area contributed by atoms with Crippen molar-refractivity contribution in [1.29, 1.82) is 0 Å². The molecule has 0 saturated heterocycles. The molecule has 0 aliphatic carbocycles. The lowest BCUT2D eigenvalue weighted by Gasteiger charge is -2.09. The largest absolute Gasteiger partial charge is 0.394 e. The van der Waals surface area contributed by atoms with Gasteiger partial charge in [0.1, 0.15) is 5.82 Å². The smallest absolute Gasteiger partial charge is 0.148 e. The Bertz CT molecular complexity index is 525. The zero-order valence-electron chi connectivity index (χ0n) is 11.1. The molecule has 98 valence electrons. The lowest BCUT2D eigenvalue weighted by Crippen LogP contribution is -2.14. The van der Waals surface area contributed by atoms with Gasteiger partial charge in [-0.25, -0.2) is 4.68 Å². The molecule has 3 N–H and O–H groups in total. The quantitative estimate of drug-likeness (QED) is 0.839. The van der Waals surface area contributed by atoms with Gasteiger partial charge in [-0.2, -0.15) is 10.2 Å². The van der Waals surface area contributed by atoms with Crippen LogP contribution in [-0.2, 0) is 13.1 Å². The highest BCUT2D eigenvalue weighted by atomic mass is 15.3. The second-order valence-electron chi connectivity index (χ2n) is 4.37. The summed E-state index contributed by atoms with van der Waals surface area (Å²) < 4.78 is 3.80. The van der Waals surface area contributed by atoms with Crippen LogP contribution >= 0.6 is 0 Å². The maximum absolute atomic E-state index is 5.99. The molecule has 0 radical (unpaired) electrons. The van der Waals surface area contributed by atoms with E-state index in [4.69, 9.17) is 5.73 Å². The van der Waals surface area contributed by atoms with Crippen LogP contribution in [0.2, 0.25) is 0 Å². The average Bonchev–Trinajstić information content (AvgIpc) is 2.87. The normalized spacial score (nSPS) is 10.8. The summed E-state index contributed by atoms with van der Waals surface area (Å²) in [4.78, 5) is 0. The minimum absolute atomic E-state index is 0.730. The summed E-state index contributed by atoms with van der Waals surface area (Å²) in [5.74, 6) is 0.902. The van der Waals surface area contributed by atoms with Crippen LogP contribution in [0.5, 0.6) is 0 Å². The molecule has 0 aliphatic rings. The van der Waals surface area contributed by atoms with E-state index in [1.54, 1.807) is 0 Å². The zero-order valence-corrected chi connectivity index (χ0v) is 11.1. The third kappa shape index (κ3) is 2.47. The molecular formula is C12H20N6. The highest BCUT2D eigenvalue weighted by Crippen LogP contribution is 2.21. The van der Waals surface area contributed by atoms with Gasteiger partial charge in [0.15, 0.2) is 0 Å². The first-order valence-corrected chi connectivity index (χ1v) is 6.17. The molecule has 2 aromatic heterocycles. The maximum atomic E-state index is 5.99. The maximum Gasteiger partial charge on any atom is 0.148 e. The van der Waals surface area contributed by atoms with Gasteiger partial charge in [0, 0.05) is 19.3 Å². The van der Waals surface area contributed by atoms with Gasteiger partial charge in [-0.1, -0.05) is 0 Å². The number of nitrogens with two attached hydrogens (primary N) is 1. The molecule has 0 aliphatic heterocycles. The van der Waals surface area contributed by atoms with Crippen molar-refractivity contribution in [2.75, 3.05) is 17.6 Å². The highest BCUT2D eigenvalue weighted by Gasteiger charge is 2.10. The van der Waals surface area contributed by atoms with E-state index in [1.165, 1.54) is 5.56 Å². The topological polar surface area (TPSA) is 73.7 Å². The van der Waals surface area contributed by atoms with Crippen LogP contribution in [0.25, 0.3) is 0 Å². The van der Waals surface area contributed by atoms with Gasteiger partial charge >= 0.3 is 0 Å². The average molecular weight is 248 g/mol. The van der Waals surface area contributed by atoms with Crippen molar-refractivity contribution in [3.8, 4) is 0 Å². The number of aryl methyl sites for hydroxylation is 3. The van der Waals surface area contributed by atoms with Crippen molar-refractivity contribution in [1.82, 2.24) is 19.6 Å². The summed E-state index contributed by atoms with van der Waals surface area (Å²) in [6.45, 7) is 8.39.